The van der Waals surface area contributed by atoms with Crippen molar-refractivity contribution in [3.8, 4) is 0 Å². The van der Waals surface area contributed by atoms with Gasteiger partial charge in [-0.2, -0.15) is 0 Å². The fourth-order valence-corrected chi connectivity index (χ4v) is 4.98. The van der Waals surface area contributed by atoms with Gasteiger partial charge in [0.1, 0.15) is 0 Å². The van der Waals surface area contributed by atoms with Crippen molar-refractivity contribution in [2.45, 2.75) is 31.7 Å². The Morgan fingerprint density at radius 1 is 0.941 bits per heavy atom. The molecule has 0 N–H and O–H groups in total. The van der Waals surface area contributed by atoms with E-state index in [1.807, 2.05) is 59.5 Å². The molecule has 0 aliphatic carbocycles. The Balaban J connectivity index is 1.63. The molecule has 172 valence electrons. The third-order valence-electron chi connectivity index (χ3n) is 6.72. The van der Waals surface area contributed by atoms with Crippen molar-refractivity contribution in [1.29, 1.82) is 0 Å². The van der Waals surface area contributed by atoms with E-state index in [1.165, 1.54) is 0 Å². The van der Waals surface area contributed by atoms with Gasteiger partial charge in [-0.15, -0.1) is 0 Å². The third-order valence-corrected chi connectivity index (χ3v) is 6.72. The highest BCUT2D eigenvalue weighted by molar-refractivity contribution is 5.88. The number of benzene rings is 3. The molecule has 1 saturated heterocycles. The Labute approximate surface area is 198 Å². The van der Waals surface area contributed by atoms with Crippen LogP contribution in [0.5, 0.6) is 0 Å². The second-order valence-electron chi connectivity index (χ2n) is 8.91. The molecular weight excluding hydrogens is 426 g/mol. The fraction of sp³-hybridized carbons (Fsp3) is 0.250. The molecule has 34 heavy (non-hydrogen) atoms. The van der Waals surface area contributed by atoms with Gasteiger partial charge in [-0.3, -0.25) is 14.9 Å². The predicted molar refractivity (Wildman–Crippen MR) is 133 cm³/mol. The van der Waals surface area contributed by atoms with E-state index >= 15 is 0 Å². The molecule has 6 heteroatoms. The number of nitro benzene ring substituents is 1. The average Bonchev–Trinajstić information content (AvgIpc) is 3.52. The van der Waals surface area contributed by atoms with E-state index in [1.54, 1.807) is 12.1 Å². The first-order valence-corrected chi connectivity index (χ1v) is 11.7. The Hall–Kier alpha value is -3.93. The summed E-state index contributed by atoms with van der Waals surface area (Å²) in [5.41, 5.74) is 4.13. The molecule has 1 atom stereocenters. The fourth-order valence-electron chi connectivity index (χ4n) is 4.98. The molecule has 1 fully saturated rings. The van der Waals surface area contributed by atoms with Crippen molar-refractivity contribution in [3.63, 3.8) is 0 Å². The van der Waals surface area contributed by atoms with Crippen LogP contribution in [0, 0.1) is 10.1 Å². The van der Waals surface area contributed by atoms with E-state index in [9.17, 15) is 14.9 Å². The first-order valence-electron chi connectivity index (χ1n) is 11.7. The van der Waals surface area contributed by atoms with E-state index < -0.39 is 0 Å². The SMILES string of the molecule is O=C(C[C@@H](c1ccccc1)c1cn(Cc2ccccc2)c2ccc([N+](=O)[O-])cc12)N1CCCC1. The number of rotatable bonds is 7. The first kappa shape index (κ1) is 21.9. The second-order valence-corrected chi connectivity index (χ2v) is 8.91. The summed E-state index contributed by atoms with van der Waals surface area (Å²) in [5.74, 6) is -0.0448. The van der Waals surface area contributed by atoms with Crippen LogP contribution >= 0.6 is 0 Å². The molecule has 3 aromatic carbocycles. The molecule has 6 nitrogen and oxygen atoms in total. The Kier molecular flexibility index (Phi) is 6.12. The lowest BCUT2D eigenvalue weighted by molar-refractivity contribution is -0.384. The number of amides is 1. The number of aromatic nitrogens is 1. The van der Waals surface area contributed by atoms with Crippen LogP contribution in [0.3, 0.4) is 0 Å². The molecule has 5 rings (SSSR count). The van der Waals surface area contributed by atoms with Gasteiger partial charge in [-0.25, -0.2) is 0 Å². The monoisotopic (exact) mass is 453 g/mol. The number of non-ortho nitro benzene ring substituents is 1. The molecule has 4 aromatic rings. The topological polar surface area (TPSA) is 68.4 Å². The summed E-state index contributed by atoms with van der Waals surface area (Å²) >= 11 is 0. The van der Waals surface area contributed by atoms with Crippen LogP contribution in [0.15, 0.2) is 85.1 Å². The van der Waals surface area contributed by atoms with Crippen molar-refractivity contribution < 1.29 is 9.72 Å². The summed E-state index contributed by atoms with van der Waals surface area (Å²) in [4.78, 5) is 26.4. The summed E-state index contributed by atoms with van der Waals surface area (Å²) < 4.78 is 2.14. The lowest BCUT2D eigenvalue weighted by Crippen LogP contribution is -2.29. The number of nitrogens with zero attached hydrogens (tertiary/aromatic N) is 3. The van der Waals surface area contributed by atoms with Crippen molar-refractivity contribution in [2.24, 2.45) is 0 Å². The van der Waals surface area contributed by atoms with Gasteiger partial charge in [0, 0.05) is 61.2 Å². The van der Waals surface area contributed by atoms with Gasteiger partial charge in [-0.1, -0.05) is 60.7 Å². The molecule has 2 heterocycles. The maximum Gasteiger partial charge on any atom is 0.270 e. The summed E-state index contributed by atoms with van der Waals surface area (Å²) in [6.07, 6.45) is 4.52. The van der Waals surface area contributed by atoms with Crippen molar-refractivity contribution in [3.05, 3.63) is 112 Å². The quantitative estimate of drug-likeness (QED) is 0.265. The standard InChI is InChI=1S/C28H27N3O3/c32-28(29-15-7-8-16-29)18-24(22-11-5-2-6-12-22)26-20-30(19-21-9-3-1-4-10-21)27-14-13-23(31(33)34)17-25(26)27/h1-6,9-14,17,20,24H,7-8,15-16,18-19H2/t24-/m0/s1. The molecule has 1 amide bonds. The number of nitro groups is 1. The van der Waals surface area contributed by atoms with Crippen LogP contribution in [0.4, 0.5) is 5.69 Å². The van der Waals surface area contributed by atoms with E-state index in [2.05, 4.69) is 22.9 Å². The smallest absolute Gasteiger partial charge is 0.270 e. The largest absolute Gasteiger partial charge is 0.343 e. The molecule has 0 saturated carbocycles. The zero-order chi connectivity index (χ0) is 23.5. The zero-order valence-electron chi connectivity index (χ0n) is 19.0. The third kappa shape index (κ3) is 4.44. The average molecular weight is 454 g/mol. The lowest BCUT2D eigenvalue weighted by atomic mass is 9.87. The van der Waals surface area contributed by atoms with Crippen LogP contribution in [0.2, 0.25) is 0 Å². The normalized spacial score (nSPS) is 14.4. The Morgan fingerprint density at radius 3 is 2.29 bits per heavy atom. The minimum Gasteiger partial charge on any atom is -0.343 e. The predicted octanol–water partition coefficient (Wildman–Crippen LogP) is 5.74. The molecule has 0 radical (unpaired) electrons. The van der Waals surface area contributed by atoms with Crippen molar-refractivity contribution in [2.75, 3.05) is 13.1 Å². The highest BCUT2D eigenvalue weighted by Gasteiger charge is 2.27. The maximum absolute atomic E-state index is 13.2. The maximum atomic E-state index is 13.2. The number of likely N-dealkylation sites (tertiary alicyclic amines) is 1. The van der Waals surface area contributed by atoms with E-state index in [-0.39, 0.29) is 22.4 Å². The molecule has 0 bridgehead atoms. The van der Waals surface area contributed by atoms with Gasteiger partial charge in [0.25, 0.3) is 5.69 Å². The van der Waals surface area contributed by atoms with Gasteiger partial charge in [0.2, 0.25) is 5.91 Å². The van der Waals surface area contributed by atoms with Crippen LogP contribution < -0.4 is 0 Å². The number of carbonyl (C=O) groups excluding carboxylic acids is 1. The van der Waals surface area contributed by atoms with Gasteiger partial charge in [-0.05, 0) is 35.6 Å². The first-order chi connectivity index (χ1) is 16.6. The van der Waals surface area contributed by atoms with E-state index in [0.29, 0.717) is 13.0 Å². The lowest BCUT2D eigenvalue weighted by Gasteiger charge is -2.21. The summed E-state index contributed by atoms with van der Waals surface area (Å²) in [5, 5.41) is 12.4. The molecule has 0 unspecified atom stereocenters. The summed E-state index contributed by atoms with van der Waals surface area (Å²) in [6.45, 7) is 2.26. The number of hydrogen-bond acceptors (Lipinski definition) is 3. The molecule has 1 aliphatic heterocycles. The van der Waals surface area contributed by atoms with Gasteiger partial charge in [0.05, 0.1) is 4.92 Å². The molecular formula is C28H27N3O3. The van der Waals surface area contributed by atoms with Gasteiger partial charge < -0.3 is 9.47 Å². The summed E-state index contributed by atoms with van der Waals surface area (Å²) in [7, 11) is 0. The number of carbonyl (C=O) groups is 1. The minimum absolute atomic E-state index is 0.0592. The Bertz CT molecular complexity index is 1310. The molecule has 1 aromatic heterocycles. The van der Waals surface area contributed by atoms with Crippen LogP contribution in [-0.4, -0.2) is 33.4 Å². The highest BCUT2D eigenvalue weighted by Crippen LogP contribution is 2.37. The van der Waals surface area contributed by atoms with E-state index in [4.69, 9.17) is 0 Å². The van der Waals surface area contributed by atoms with E-state index in [0.717, 1.165) is 53.5 Å². The molecule has 1 aliphatic rings. The van der Waals surface area contributed by atoms with Crippen LogP contribution in [0.25, 0.3) is 10.9 Å². The van der Waals surface area contributed by atoms with Crippen molar-refractivity contribution >= 4 is 22.5 Å². The molecule has 0 spiro atoms. The van der Waals surface area contributed by atoms with Gasteiger partial charge in [0.15, 0.2) is 0 Å². The van der Waals surface area contributed by atoms with Crippen LogP contribution in [0.1, 0.15) is 41.9 Å². The second kappa shape index (κ2) is 9.51. The summed E-state index contributed by atoms with van der Waals surface area (Å²) in [6, 6.07) is 25.2. The highest BCUT2D eigenvalue weighted by atomic mass is 16.6. The number of fused-ring (bicyclic) bond motifs is 1. The van der Waals surface area contributed by atoms with Crippen LogP contribution in [-0.2, 0) is 11.3 Å². The minimum atomic E-state index is -0.356. The number of hydrogen-bond donors (Lipinski definition) is 0. The Morgan fingerprint density at radius 2 is 1.62 bits per heavy atom. The van der Waals surface area contributed by atoms with Gasteiger partial charge >= 0.3 is 0 Å². The zero-order valence-corrected chi connectivity index (χ0v) is 19.0. The van der Waals surface area contributed by atoms with Crippen molar-refractivity contribution in [1.82, 2.24) is 9.47 Å².